The van der Waals surface area contributed by atoms with E-state index in [1.807, 2.05) is 50.2 Å². The molecular weight excluding hydrogens is 471 g/mol. The molecule has 0 bridgehead atoms. The van der Waals surface area contributed by atoms with Crippen molar-refractivity contribution in [3.63, 3.8) is 0 Å². The van der Waals surface area contributed by atoms with Gasteiger partial charge in [0.1, 0.15) is 0 Å². The molecule has 0 aliphatic carbocycles. The summed E-state index contributed by atoms with van der Waals surface area (Å²) in [6.45, 7) is 4.56. The summed E-state index contributed by atoms with van der Waals surface area (Å²) in [5, 5.41) is 15.1. The minimum absolute atomic E-state index is 0.00750. The Labute approximate surface area is 209 Å². The number of hydrogen-bond donors (Lipinski definition) is 2. The minimum atomic E-state index is -1.67. The number of hydrogen-bond acceptors (Lipinski definition) is 3. The molecule has 0 fully saturated rings. The number of rotatable bonds is 8. The summed E-state index contributed by atoms with van der Waals surface area (Å²) in [7, 11) is 0. The van der Waals surface area contributed by atoms with Crippen molar-refractivity contribution >= 4 is 35.1 Å². The van der Waals surface area contributed by atoms with E-state index < -0.39 is 11.6 Å². The van der Waals surface area contributed by atoms with Gasteiger partial charge in [-0.25, -0.2) is 4.79 Å². The highest BCUT2D eigenvalue weighted by Gasteiger charge is 2.55. The molecule has 0 aromatic heterocycles. The third kappa shape index (κ3) is 4.43. The summed E-state index contributed by atoms with van der Waals surface area (Å²) in [4.78, 5) is 27.8. The van der Waals surface area contributed by atoms with Gasteiger partial charge in [0.05, 0.1) is 0 Å². The van der Waals surface area contributed by atoms with Crippen LogP contribution in [0.15, 0.2) is 72.8 Å². The van der Waals surface area contributed by atoms with Gasteiger partial charge in [0, 0.05) is 34.3 Å². The van der Waals surface area contributed by atoms with E-state index in [0.29, 0.717) is 27.7 Å². The molecule has 0 saturated heterocycles. The van der Waals surface area contributed by atoms with Crippen molar-refractivity contribution in [3.8, 4) is 0 Å². The molecule has 3 unspecified atom stereocenters. The number of aliphatic carboxylic acids is 1. The van der Waals surface area contributed by atoms with Gasteiger partial charge >= 0.3 is 5.97 Å². The van der Waals surface area contributed by atoms with Gasteiger partial charge in [-0.2, -0.15) is 0 Å². The number of halogens is 2. The van der Waals surface area contributed by atoms with Gasteiger partial charge in [-0.3, -0.25) is 10.1 Å². The molecule has 3 atom stereocenters. The Kier molecular flexibility index (Phi) is 6.99. The number of amides is 1. The predicted molar refractivity (Wildman–Crippen MR) is 135 cm³/mol. The quantitative estimate of drug-likeness (QED) is 0.408. The first-order valence-electron chi connectivity index (χ1n) is 11.1. The Balaban J connectivity index is 1.68. The van der Waals surface area contributed by atoms with E-state index in [0.717, 1.165) is 11.1 Å². The van der Waals surface area contributed by atoms with Crippen molar-refractivity contribution in [3.05, 3.63) is 105 Å². The van der Waals surface area contributed by atoms with Crippen molar-refractivity contribution in [2.75, 3.05) is 13.1 Å². The minimum Gasteiger partial charge on any atom is -0.478 e. The summed E-state index contributed by atoms with van der Waals surface area (Å²) in [5.74, 6) is -1.53. The van der Waals surface area contributed by atoms with Crippen LogP contribution in [0.1, 0.15) is 52.7 Å². The first-order valence-corrected chi connectivity index (χ1v) is 11.9. The number of carbonyl (C=O) groups is 2. The maximum Gasteiger partial charge on any atom is 0.349 e. The zero-order chi connectivity index (χ0) is 24.5. The lowest BCUT2D eigenvalue weighted by Gasteiger charge is -2.38. The van der Waals surface area contributed by atoms with Crippen LogP contribution < -0.4 is 5.32 Å². The van der Waals surface area contributed by atoms with Crippen molar-refractivity contribution in [2.24, 2.45) is 0 Å². The SMILES string of the molecule is CC(CNC1(C(=O)O)c2ccccc2C(=O)N1CC(C)c1ccc(Cl)cc1)c1ccc(Cl)cc1. The van der Waals surface area contributed by atoms with Crippen LogP contribution >= 0.6 is 23.2 Å². The van der Waals surface area contributed by atoms with Crippen LogP contribution in [0, 0.1) is 0 Å². The van der Waals surface area contributed by atoms with Crippen molar-refractivity contribution in [1.29, 1.82) is 0 Å². The summed E-state index contributed by atoms with van der Waals surface area (Å²) < 4.78 is 0. The van der Waals surface area contributed by atoms with Crippen molar-refractivity contribution < 1.29 is 14.7 Å². The zero-order valence-electron chi connectivity index (χ0n) is 19.0. The molecule has 3 aromatic carbocycles. The Morgan fingerprint density at radius 3 is 2.00 bits per heavy atom. The van der Waals surface area contributed by atoms with Crippen molar-refractivity contribution in [1.82, 2.24) is 10.2 Å². The van der Waals surface area contributed by atoms with Gasteiger partial charge in [-0.05, 0) is 53.3 Å². The summed E-state index contributed by atoms with van der Waals surface area (Å²) in [6, 6.07) is 21.8. The molecule has 7 heteroatoms. The van der Waals surface area contributed by atoms with Crippen LogP contribution in [-0.2, 0) is 10.5 Å². The van der Waals surface area contributed by atoms with Gasteiger partial charge < -0.3 is 10.0 Å². The number of carboxylic acid groups (broad SMARTS) is 1. The highest BCUT2D eigenvalue weighted by atomic mass is 35.5. The maximum atomic E-state index is 13.5. The van der Waals surface area contributed by atoms with Crippen LogP contribution in [0.25, 0.3) is 0 Å². The number of nitrogens with zero attached hydrogens (tertiary/aromatic N) is 1. The largest absolute Gasteiger partial charge is 0.478 e. The second kappa shape index (κ2) is 9.79. The van der Waals surface area contributed by atoms with Gasteiger partial charge in [0.2, 0.25) is 5.66 Å². The monoisotopic (exact) mass is 496 g/mol. The van der Waals surface area contributed by atoms with E-state index in [1.54, 1.807) is 36.4 Å². The van der Waals surface area contributed by atoms with E-state index in [9.17, 15) is 14.7 Å². The molecule has 0 radical (unpaired) electrons. The number of carbonyl (C=O) groups excluding carboxylic acids is 1. The molecule has 3 aromatic rings. The van der Waals surface area contributed by atoms with E-state index in [-0.39, 0.29) is 24.3 Å². The second-order valence-electron chi connectivity index (χ2n) is 8.76. The molecular formula is C27H26Cl2N2O3. The molecule has 1 aliphatic heterocycles. The fraction of sp³-hybridized carbons (Fsp3) is 0.259. The molecule has 1 amide bonds. The van der Waals surface area contributed by atoms with Crippen LogP contribution in [-0.4, -0.2) is 35.0 Å². The number of benzene rings is 3. The fourth-order valence-corrected chi connectivity index (χ4v) is 4.78. The third-order valence-corrected chi connectivity index (χ3v) is 7.01. The molecule has 1 heterocycles. The lowest BCUT2D eigenvalue weighted by atomic mass is 9.94. The van der Waals surface area contributed by atoms with Gasteiger partial charge in [0.15, 0.2) is 0 Å². The first-order chi connectivity index (χ1) is 16.2. The van der Waals surface area contributed by atoms with Crippen LogP contribution in [0.5, 0.6) is 0 Å². The van der Waals surface area contributed by atoms with E-state index in [4.69, 9.17) is 23.2 Å². The predicted octanol–water partition coefficient (Wildman–Crippen LogP) is 5.88. The van der Waals surface area contributed by atoms with Crippen molar-refractivity contribution in [2.45, 2.75) is 31.3 Å². The highest BCUT2D eigenvalue weighted by molar-refractivity contribution is 6.30. The standard InChI is InChI=1S/C27H26Cl2N2O3/c1-17(19-7-11-21(28)12-8-19)15-30-27(26(33)34)24-6-4-3-5-23(24)25(32)31(27)16-18(2)20-9-13-22(29)14-10-20/h3-14,17-18,30H,15-16H2,1-2H3,(H,33,34). The number of carboxylic acids is 1. The summed E-state index contributed by atoms with van der Waals surface area (Å²) >= 11 is 12.0. The molecule has 34 heavy (non-hydrogen) atoms. The number of fused-ring (bicyclic) bond motifs is 1. The molecule has 0 spiro atoms. The van der Waals surface area contributed by atoms with Crippen LogP contribution in [0.2, 0.25) is 10.0 Å². The third-order valence-electron chi connectivity index (χ3n) is 6.51. The van der Waals surface area contributed by atoms with Gasteiger partial charge in [0.25, 0.3) is 5.91 Å². The lowest BCUT2D eigenvalue weighted by molar-refractivity contribution is -0.152. The normalized spacial score (nSPS) is 19.1. The zero-order valence-corrected chi connectivity index (χ0v) is 20.5. The Bertz CT molecular complexity index is 1200. The first kappa shape index (κ1) is 24.3. The van der Waals surface area contributed by atoms with Crippen LogP contribution in [0.3, 0.4) is 0 Å². The Morgan fingerprint density at radius 1 is 0.912 bits per heavy atom. The second-order valence-corrected chi connectivity index (χ2v) is 9.64. The molecule has 2 N–H and O–H groups in total. The average Bonchev–Trinajstić information content (AvgIpc) is 3.07. The van der Waals surface area contributed by atoms with E-state index >= 15 is 0 Å². The molecule has 5 nitrogen and oxygen atoms in total. The van der Waals surface area contributed by atoms with Gasteiger partial charge in [-0.15, -0.1) is 0 Å². The molecule has 4 rings (SSSR count). The van der Waals surface area contributed by atoms with E-state index in [1.165, 1.54) is 4.90 Å². The number of nitrogens with one attached hydrogen (secondary N) is 1. The average molecular weight is 497 g/mol. The maximum absolute atomic E-state index is 13.5. The summed E-state index contributed by atoms with van der Waals surface area (Å²) in [5.41, 5.74) is 1.19. The highest BCUT2D eigenvalue weighted by Crippen LogP contribution is 2.39. The smallest absolute Gasteiger partial charge is 0.349 e. The lowest BCUT2D eigenvalue weighted by Crippen LogP contribution is -2.60. The van der Waals surface area contributed by atoms with Crippen LogP contribution in [0.4, 0.5) is 0 Å². The van der Waals surface area contributed by atoms with E-state index in [2.05, 4.69) is 5.32 Å². The molecule has 0 saturated carbocycles. The Morgan fingerprint density at radius 2 is 1.44 bits per heavy atom. The van der Waals surface area contributed by atoms with Gasteiger partial charge in [-0.1, -0.05) is 79.5 Å². The summed E-state index contributed by atoms with van der Waals surface area (Å²) in [6.07, 6.45) is 0. The molecule has 176 valence electrons. The fourth-order valence-electron chi connectivity index (χ4n) is 4.53. The Hall–Kier alpha value is -2.86. The topological polar surface area (TPSA) is 69.6 Å². The molecule has 1 aliphatic rings.